The first-order chi connectivity index (χ1) is 11.6. The molecular formula is C19H18N2O2S. The number of hydrogen-bond acceptors (Lipinski definition) is 3. The maximum absolute atomic E-state index is 12.5. The highest BCUT2D eigenvalue weighted by atomic mass is 32.1. The minimum Gasteiger partial charge on any atom is -0.497 e. The van der Waals surface area contributed by atoms with Crippen LogP contribution in [0.2, 0.25) is 0 Å². The predicted molar refractivity (Wildman–Crippen MR) is 97.6 cm³/mol. The molecule has 1 amide bonds. The summed E-state index contributed by atoms with van der Waals surface area (Å²) >= 11 is 1.51. The van der Waals surface area contributed by atoms with E-state index in [2.05, 4.69) is 24.6 Å². The molecule has 0 aliphatic heterocycles. The van der Waals surface area contributed by atoms with E-state index in [9.17, 15) is 4.79 Å². The Kier molecular flexibility index (Phi) is 4.62. The van der Waals surface area contributed by atoms with Crippen molar-refractivity contribution in [3.05, 3.63) is 71.0 Å². The van der Waals surface area contributed by atoms with Gasteiger partial charge in [-0.05, 0) is 42.8 Å². The molecule has 3 aromatic rings. The topological polar surface area (TPSA) is 43.6 Å². The third kappa shape index (κ3) is 3.03. The molecule has 2 aromatic carbocycles. The van der Waals surface area contributed by atoms with E-state index >= 15 is 0 Å². The van der Waals surface area contributed by atoms with Gasteiger partial charge in [0.25, 0.3) is 5.91 Å². The van der Waals surface area contributed by atoms with Crippen molar-refractivity contribution in [2.24, 2.45) is 4.99 Å². The summed E-state index contributed by atoms with van der Waals surface area (Å²) in [7, 11) is 1.60. The number of amides is 1. The Morgan fingerprint density at radius 2 is 2.04 bits per heavy atom. The summed E-state index contributed by atoms with van der Waals surface area (Å²) in [4.78, 5) is 17.5. The lowest BCUT2D eigenvalue weighted by molar-refractivity contribution is 0.0998. The third-order valence-corrected chi connectivity index (χ3v) is 4.79. The zero-order chi connectivity index (χ0) is 17.1. The molecule has 0 unspecified atom stereocenters. The number of methoxy groups -OCH3 is 1. The van der Waals surface area contributed by atoms with Crippen molar-refractivity contribution in [2.45, 2.75) is 13.5 Å². The van der Waals surface area contributed by atoms with Crippen molar-refractivity contribution in [3.63, 3.8) is 0 Å². The summed E-state index contributed by atoms with van der Waals surface area (Å²) < 4.78 is 8.26. The van der Waals surface area contributed by atoms with Gasteiger partial charge in [-0.1, -0.05) is 29.5 Å². The van der Waals surface area contributed by atoms with Crippen molar-refractivity contribution in [1.29, 1.82) is 0 Å². The molecule has 1 heterocycles. The average Bonchev–Trinajstić information content (AvgIpc) is 2.94. The fraction of sp³-hybridized carbons (Fsp3) is 0.158. The molecule has 0 aliphatic carbocycles. The van der Waals surface area contributed by atoms with Crippen molar-refractivity contribution in [3.8, 4) is 5.75 Å². The molecule has 24 heavy (non-hydrogen) atoms. The van der Waals surface area contributed by atoms with Crippen LogP contribution in [0.5, 0.6) is 5.75 Å². The van der Waals surface area contributed by atoms with Gasteiger partial charge in [-0.25, -0.2) is 0 Å². The van der Waals surface area contributed by atoms with Crippen LogP contribution in [0.25, 0.3) is 10.2 Å². The van der Waals surface area contributed by atoms with E-state index in [1.54, 1.807) is 31.4 Å². The van der Waals surface area contributed by atoms with Gasteiger partial charge in [0.15, 0.2) is 4.80 Å². The summed E-state index contributed by atoms with van der Waals surface area (Å²) in [5.74, 6) is 0.449. The minimum absolute atomic E-state index is 0.264. The summed E-state index contributed by atoms with van der Waals surface area (Å²) in [5, 5.41) is 0. The largest absolute Gasteiger partial charge is 0.497 e. The van der Waals surface area contributed by atoms with Crippen LogP contribution >= 0.6 is 11.3 Å². The number of thiazole rings is 1. The van der Waals surface area contributed by atoms with Gasteiger partial charge in [0.2, 0.25) is 0 Å². The highest BCUT2D eigenvalue weighted by Gasteiger charge is 2.10. The molecule has 0 radical (unpaired) electrons. The van der Waals surface area contributed by atoms with Crippen LogP contribution in [0.3, 0.4) is 0 Å². The van der Waals surface area contributed by atoms with Gasteiger partial charge in [-0.3, -0.25) is 4.79 Å². The van der Waals surface area contributed by atoms with Crippen LogP contribution in [-0.2, 0) is 6.54 Å². The number of ether oxygens (including phenoxy) is 1. The number of fused-ring (bicyclic) bond motifs is 1. The number of nitrogens with zero attached hydrogens (tertiary/aromatic N) is 2. The van der Waals surface area contributed by atoms with Gasteiger partial charge in [0.05, 0.1) is 17.3 Å². The standard InChI is InChI=1S/C19H18N2O2S/c1-4-12-21-17-13(2)6-5-7-16(17)24-19(21)20-18(22)14-8-10-15(23-3)11-9-14/h4-11H,1,12H2,2-3H3. The number of carbonyl (C=O) groups is 1. The minimum atomic E-state index is -0.264. The first-order valence-corrected chi connectivity index (χ1v) is 8.38. The quantitative estimate of drug-likeness (QED) is 0.676. The summed E-state index contributed by atoms with van der Waals surface area (Å²) in [6.07, 6.45) is 1.81. The van der Waals surface area contributed by atoms with Crippen LogP contribution in [0.1, 0.15) is 15.9 Å². The number of benzene rings is 2. The maximum Gasteiger partial charge on any atom is 0.279 e. The SMILES string of the molecule is C=CCn1c(=NC(=O)c2ccc(OC)cc2)sc2cccc(C)c21. The second-order valence-electron chi connectivity index (χ2n) is 5.35. The van der Waals surface area contributed by atoms with Crippen LogP contribution in [0.15, 0.2) is 60.1 Å². The summed E-state index contributed by atoms with van der Waals surface area (Å²) in [6.45, 7) is 6.48. The summed E-state index contributed by atoms with van der Waals surface area (Å²) in [6, 6.07) is 13.1. The summed E-state index contributed by atoms with van der Waals surface area (Å²) in [5.41, 5.74) is 2.79. The van der Waals surface area contributed by atoms with E-state index < -0.39 is 0 Å². The predicted octanol–water partition coefficient (Wildman–Crippen LogP) is 3.95. The third-order valence-electron chi connectivity index (χ3n) is 3.75. The Morgan fingerprint density at radius 3 is 2.71 bits per heavy atom. The fourth-order valence-corrected chi connectivity index (χ4v) is 3.69. The van der Waals surface area contributed by atoms with Gasteiger partial charge in [0, 0.05) is 12.1 Å². The first kappa shape index (κ1) is 16.2. The number of aryl methyl sites for hydroxylation is 1. The Bertz CT molecular complexity index is 965. The molecule has 0 spiro atoms. The van der Waals surface area contributed by atoms with Gasteiger partial charge >= 0.3 is 0 Å². The molecule has 0 atom stereocenters. The highest BCUT2D eigenvalue weighted by Crippen LogP contribution is 2.21. The van der Waals surface area contributed by atoms with E-state index in [0.29, 0.717) is 22.7 Å². The fourth-order valence-electron chi connectivity index (χ4n) is 2.58. The Hall–Kier alpha value is -2.66. The lowest BCUT2D eigenvalue weighted by Crippen LogP contribution is -2.16. The molecule has 5 heteroatoms. The maximum atomic E-state index is 12.5. The molecule has 0 saturated carbocycles. The lowest BCUT2D eigenvalue weighted by Gasteiger charge is -2.03. The van der Waals surface area contributed by atoms with Crippen LogP contribution in [0.4, 0.5) is 0 Å². The number of aromatic nitrogens is 1. The zero-order valence-electron chi connectivity index (χ0n) is 13.7. The number of hydrogen-bond donors (Lipinski definition) is 0. The monoisotopic (exact) mass is 338 g/mol. The van der Waals surface area contributed by atoms with Crippen LogP contribution in [0, 0.1) is 6.92 Å². The molecule has 0 N–H and O–H groups in total. The van der Waals surface area contributed by atoms with Crippen molar-refractivity contribution < 1.29 is 9.53 Å². The second-order valence-corrected chi connectivity index (χ2v) is 6.36. The molecule has 4 nitrogen and oxygen atoms in total. The Labute approximate surface area is 144 Å². The molecule has 3 rings (SSSR count). The first-order valence-electron chi connectivity index (χ1n) is 7.57. The molecule has 0 bridgehead atoms. The van der Waals surface area contributed by atoms with Crippen LogP contribution in [-0.4, -0.2) is 17.6 Å². The van der Waals surface area contributed by atoms with E-state index in [1.165, 1.54) is 11.3 Å². The van der Waals surface area contributed by atoms with Crippen molar-refractivity contribution in [2.75, 3.05) is 7.11 Å². The van der Waals surface area contributed by atoms with E-state index in [-0.39, 0.29) is 5.91 Å². The second kappa shape index (κ2) is 6.84. The smallest absolute Gasteiger partial charge is 0.279 e. The Balaban J connectivity index is 2.11. The number of rotatable bonds is 4. The lowest BCUT2D eigenvalue weighted by atomic mass is 10.2. The molecule has 122 valence electrons. The van der Waals surface area contributed by atoms with E-state index in [4.69, 9.17) is 4.74 Å². The number of carbonyl (C=O) groups excluding carboxylic acids is 1. The van der Waals surface area contributed by atoms with Crippen molar-refractivity contribution >= 4 is 27.5 Å². The molecule has 0 fully saturated rings. The van der Waals surface area contributed by atoms with Crippen molar-refractivity contribution in [1.82, 2.24) is 4.57 Å². The van der Waals surface area contributed by atoms with Crippen LogP contribution < -0.4 is 9.54 Å². The van der Waals surface area contributed by atoms with Gasteiger partial charge in [-0.15, -0.1) is 6.58 Å². The number of allylic oxidation sites excluding steroid dienone is 1. The van der Waals surface area contributed by atoms with Gasteiger partial charge in [0.1, 0.15) is 5.75 Å². The molecular weight excluding hydrogens is 320 g/mol. The highest BCUT2D eigenvalue weighted by molar-refractivity contribution is 7.16. The molecule has 0 aliphatic rings. The Morgan fingerprint density at radius 1 is 1.29 bits per heavy atom. The zero-order valence-corrected chi connectivity index (χ0v) is 14.5. The average molecular weight is 338 g/mol. The van der Waals surface area contributed by atoms with E-state index in [1.807, 2.05) is 22.8 Å². The molecule has 1 aromatic heterocycles. The number of para-hydroxylation sites is 1. The van der Waals surface area contributed by atoms with Gasteiger partial charge < -0.3 is 9.30 Å². The van der Waals surface area contributed by atoms with Gasteiger partial charge in [-0.2, -0.15) is 4.99 Å². The van der Waals surface area contributed by atoms with E-state index in [0.717, 1.165) is 15.8 Å². The normalized spacial score (nSPS) is 11.7. The molecule has 0 saturated heterocycles.